The molecule has 2 aliphatic heterocycles. The van der Waals surface area contributed by atoms with Gasteiger partial charge < -0.3 is 4.74 Å². The fraction of sp³-hybridized carbons (Fsp3) is 1.00. The van der Waals surface area contributed by atoms with Crippen LogP contribution < -0.4 is 0 Å². The smallest absolute Gasteiger partial charge is 0.0654 e. The molecular weight excluding hydrogens is 206 g/mol. The van der Waals surface area contributed by atoms with Gasteiger partial charge in [0.2, 0.25) is 0 Å². The van der Waals surface area contributed by atoms with E-state index in [0.29, 0.717) is 11.6 Å². The summed E-state index contributed by atoms with van der Waals surface area (Å²) in [5.41, 5.74) is 0.401. The second-order valence-electron chi connectivity index (χ2n) is 5.20. The third-order valence-electron chi connectivity index (χ3n) is 3.79. The van der Waals surface area contributed by atoms with Crippen molar-refractivity contribution in [3.8, 4) is 0 Å². The molecule has 3 heteroatoms. The van der Waals surface area contributed by atoms with Crippen molar-refractivity contribution in [2.24, 2.45) is 0 Å². The van der Waals surface area contributed by atoms with Crippen LogP contribution in [0.15, 0.2) is 0 Å². The zero-order valence-electron chi connectivity index (χ0n) is 10.2. The van der Waals surface area contributed by atoms with Gasteiger partial charge in [0.15, 0.2) is 0 Å². The first-order valence-corrected chi connectivity index (χ1v) is 7.34. The van der Waals surface area contributed by atoms with Crippen LogP contribution in [0.25, 0.3) is 0 Å². The van der Waals surface area contributed by atoms with E-state index >= 15 is 0 Å². The van der Waals surface area contributed by atoms with Gasteiger partial charge in [0.25, 0.3) is 0 Å². The van der Waals surface area contributed by atoms with Crippen LogP contribution in [-0.2, 0) is 4.74 Å². The van der Waals surface area contributed by atoms with Gasteiger partial charge in [0, 0.05) is 17.3 Å². The molecule has 2 atom stereocenters. The molecule has 88 valence electrons. The van der Waals surface area contributed by atoms with E-state index in [1.165, 1.54) is 32.4 Å². The molecule has 2 rings (SSSR count). The SMILES string of the molecule is CSC1CN2CCCC2(COC(C)C)C1. The molecule has 2 heterocycles. The Hall–Kier alpha value is 0.270. The highest BCUT2D eigenvalue weighted by molar-refractivity contribution is 7.99. The number of hydrogen-bond acceptors (Lipinski definition) is 3. The molecule has 0 bridgehead atoms. The average molecular weight is 229 g/mol. The molecule has 2 saturated heterocycles. The Balaban J connectivity index is 1.97. The maximum Gasteiger partial charge on any atom is 0.0654 e. The largest absolute Gasteiger partial charge is 0.377 e. The Morgan fingerprint density at radius 2 is 2.33 bits per heavy atom. The van der Waals surface area contributed by atoms with Gasteiger partial charge in [-0.2, -0.15) is 11.8 Å². The number of nitrogens with zero attached hydrogens (tertiary/aromatic N) is 1. The predicted octanol–water partition coefficient (Wildman–Crippen LogP) is 2.38. The maximum atomic E-state index is 5.87. The number of rotatable bonds is 4. The molecule has 2 unspecified atom stereocenters. The number of thioether (sulfide) groups is 1. The quantitative estimate of drug-likeness (QED) is 0.734. The molecule has 2 nitrogen and oxygen atoms in total. The van der Waals surface area contributed by atoms with E-state index in [1.54, 1.807) is 0 Å². The topological polar surface area (TPSA) is 12.5 Å². The molecule has 0 spiro atoms. The monoisotopic (exact) mass is 229 g/mol. The van der Waals surface area contributed by atoms with Crippen molar-refractivity contribution in [1.82, 2.24) is 4.90 Å². The molecule has 0 amide bonds. The molecule has 0 aromatic rings. The average Bonchev–Trinajstić information content (AvgIpc) is 2.70. The Morgan fingerprint density at radius 3 is 3.00 bits per heavy atom. The highest BCUT2D eigenvalue weighted by Crippen LogP contribution is 2.42. The van der Waals surface area contributed by atoms with Crippen LogP contribution in [0.4, 0.5) is 0 Å². The van der Waals surface area contributed by atoms with Crippen LogP contribution >= 0.6 is 11.8 Å². The minimum Gasteiger partial charge on any atom is -0.377 e. The van der Waals surface area contributed by atoms with Crippen molar-refractivity contribution in [2.45, 2.75) is 50.0 Å². The van der Waals surface area contributed by atoms with Crippen molar-refractivity contribution >= 4 is 11.8 Å². The first-order chi connectivity index (χ1) is 7.16. The third kappa shape index (κ3) is 2.34. The minimum absolute atomic E-state index is 0.371. The van der Waals surface area contributed by atoms with Crippen LogP contribution in [0, 0.1) is 0 Å². The van der Waals surface area contributed by atoms with E-state index in [2.05, 4.69) is 25.0 Å². The van der Waals surface area contributed by atoms with E-state index in [-0.39, 0.29) is 0 Å². The van der Waals surface area contributed by atoms with Crippen molar-refractivity contribution in [2.75, 3.05) is 26.0 Å². The summed E-state index contributed by atoms with van der Waals surface area (Å²) >= 11 is 2.02. The summed E-state index contributed by atoms with van der Waals surface area (Å²) < 4.78 is 5.87. The van der Waals surface area contributed by atoms with Crippen molar-refractivity contribution < 1.29 is 4.74 Å². The van der Waals surface area contributed by atoms with Crippen molar-refractivity contribution in [3.05, 3.63) is 0 Å². The Labute approximate surface area is 97.7 Å². The third-order valence-corrected chi connectivity index (χ3v) is 4.77. The normalized spacial score (nSPS) is 36.4. The van der Waals surface area contributed by atoms with E-state index in [1.807, 2.05) is 11.8 Å². The highest BCUT2D eigenvalue weighted by atomic mass is 32.2. The lowest BCUT2D eigenvalue weighted by molar-refractivity contribution is 0.00315. The summed E-state index contributed by atoms with van der Waals surface area (Å²) in [6.07, 6.45) is 6.65. The van der Waals surface area contributed by atoms with Gasteiger partial charge >= 0.3 is 0 Å². The summed E-state index contributed by atoms with van der Waals surface area (Å²) in [7, 11) is 0. The number of fused-ring (bicyclic) bond motifs is 1. The molecule has 0 saturated carbocycles. The molecule has 0 aliphatic carbocycles. The lowest BCUT2D eigenvalue weighted by Gasteiger charge is -2.32. The van der Waals surface area contributed by atoms with Crippen LogP contribution in [0.5, 0.6) is 0 Å². The van der Waals surface area contributed by atoms with Gasteiger partial charge in [0.05, 0.1) is 12.7 Å². The summed E-state index contributed by atoms with van der Waals surface area (Å²) in [6.45, 7) is 7.79. The maximum absolute atomic E-state index is 5.87. The Kier molecular flexibility index (Phi) is 3.63. The second-order valence-corrected chi connectivity index (χ2v) is 6.33. The van der Waals surface area contributed by atoms with Crippen molar-refractivity contribution in [1.29, 1.82) is 0 Å². The zero-order valence-corrected chi connectivity index (χ0v) is 11.0. The van der Waals surface area contributed by atoms with Gasteiger partial charge in [-0.05, 0) is 45.9 Å². The first kappa shape index (κ1) is 11.7. The summed E-state index contributed by atoms with van der Waals surface area (Å²) in [5, 5.41) is 0.834. The molecule has 0 radical (unpaired) electrons. The van der Waals surface area contributed by atoms with Crippen LogP contribution in [0.2, 0.25) is 0 Å². The lowest BCUT2D eigenvalue weighted by atomic mass is 9.95. The molecule has 2 fully saturated rings. The van der Waals surface area contributed by atoms with E-state index < -0.39 is 0 Å². The van der Waals surface area contributed by atoms with E-state index in [0.717, 1.165) is 11.9 Å². The van der Waals surface area contributed by atoms with Gasteiger partial charge in [-0.3, -0.25) is 4.90 Å². The van der Waals surface area contributed by atoms with Crippen LogP contribution in [-0.4, -0.2) is 47.7 Å². The second kappa shape index (κ2) is 4.64. The molecule has 15 heavy (non-hydrogen) atoms. The summed E-state index contributed by atoms with van der Waals surface area (Å²) in [5.74, 6) is 0. The number of hydrogen-bond donors (Lipinski definition) is 0. The Morgan fingerprint density at radius 1 is 1.53 bits per heavy atom. The van der Waals surface area contributed by atoms with Crippen molar-refractivity contribution in [3.63, 3.8) is 0 Å². The van der Waals surface area contributed by atoms with Gasteiger partial charge in [-0.25, -0.2) is 0 Å². The first-order valence-electron chi connectivity index (χ1n) is 6.06. The van der Waals surface area contributed by atoms with Gasteiger partial charge in [0.1, 0.15) is 0 Å². The van der Waals surface area contributed by atoms with E-state index in [9.17, 15) is 0 Å². The fourth-order valence-electron chi connectivity index (χ4n) is 2.95. The van der Waals surface area contributed by atoms with Crippen LogP contribution in [0.1, 0.15) is 33.1 Å². The molecule has 0 aromatic carbocycles. The van der Waals surface area contributed by atoms with Gasteiger partial charge in [-0.1, -0.05) is 0 Å². The lowest BCUT2D eigenvalue weighted by Crippen LogP contribution is -2.43. The standard InChI is InChI=1S/C12H23NOS/c1-10(2)14-9-12-5-4-6-13(12)8-11(7-12)15-3/h10-11H,4-9H2,1-3H3. The fourth-order valence-corrected chi connectivity index (χ4v) is 3.75. The molecule has 2 aliphatic rings. The summed E-state index contributed by atoms with van der Waals surface area (Å²) in [6, 6.07) is 0. The van der Waals surface area contributed by atoms with Crippen LogP contribution in [0.3, 0.4) is 0 Å². The predicted molar refractivity (Wildman–Crippen MR) is 66.5 cm³/mol. The number of ether oxygens (including phenoxy) is 1. The summed E-state index contributed by atoms with van der Waals surface area (Å²) in [4.78, 5) is 2.68. The van der Waals surface area contributed by atoms with E-state index in [4.69, 9.17) is 4.74 Å². The molecule has 0 N–H and O–H groups in total. The van der Waals surface area contributed by atoms with Gasteiger partial charge in [-0.15, -0.1) is 0 Å². The minimum atomic E-state index is 0.371. The Bertz CT molecular complexity index is 222. The molecule has 0 aromatic heterocycles. The molecular formula is C12H23NOS. The zero-order chi connectivity index (χ0) is 10.9. The highest BCUT2D eigenvalue weighted by Gasteiger charge is 2.48.